The Morgan fingerprint density at radius 2 is 2.05 bits per heavy atom. The van der Waals surface area contributed by atoms with Crippen LogP contribution in [-0.2, 0) is 0 Å². The van der Waals surface area contributed by atoms with E-state index < -0.39 is 0 Å². The Balaban J connectivity index is 1.66. The molecular formula is C15H18FN3. The lowest BCUT2D eigenvalue weighted by Crippen LogP contribution is -2.48. The van der Waals surface area contributed by atoms with Crippen molar-refractivity contribution in [3.63, 3.8) is 0 Å². The summed E-state index contributed by atoms with van der Waals surface area (Å²) in [4.78, 5) is 2.28. The molecule has 1 aliphatic rings. The molecule has 1 aromatic heterocycles. The number of hydrogen-bond donors (Lipinski definition) is 0. The van der Waals surface area contributed by atoms with Crippen LogP contribution in [0.2, 0.25) is 0 Å². The second kappa shape index (κ2) is 4.78. The van der Waals surface area contributed by atoms with Gasteiger partial charge in [-0.3, -0.25) is 9.58 Å². The van der Waals surface area contributed by atoms with E-state index in [9.17, 15) is 4.39 Å². The minimum Gasteiger partial charge on any atom is -0.292 e. The number of nitrogens with zero attached hydrogens (tertiary/aromatic N) is 3. The van der Waals surface area contributed by atoms with Crippen LogP contribution in [0.1, 0.15) is 30.1 Å². The van der Waals surface area contributed by atoms with Crippen LogP contribution in [0.15, 0.2) is 36.7 Å². The summed E-state index contributed by atoms with van der Waals surface area (Å²) in [6, 6.07) is 7.56. The first kappa shape index (κ1) is 12.4. The van der Waals surface area contributed by atoms with Crippen LogP contribution in [0.3, 0.4) is 0 Å². The maximum atomic E-state index is 13.7. The van der Waals surface area contributed by atoms with Gasteiger partial charge < -0.3 is 0 Å². The molecule has 3 nitrogen and oxygen atoms in total. The van der Waals surface area contributed by atoms with Crippen LogP contribution < -0.4 is 0 Å². The quantitative estimate of drug-likeness (QED) is 0.845. The summed E-state index contributed by atoms with van der Waals surface area (Å²) < 4.78 is 15.8. The van der Waals surface area contributed by atoms with Crippen LogP contribution in [0.25, 0.3) is 0 Å². The van der Waals surface area contributed by atoms with Crippen molar-refractivity contribution in [2.45, 2.75) is 25.9 Å². The van der Waals surface area contributed by atoms with Crippen LogP contribution in [-0.4, -0.2) is 27.8 Å². The molecule has 4 heteroatoms. The van der Waals surface area contributed by atoms with E-state index in [1.165, 1.54) is 11.6 Å². The van der Waals surface area contributed by atoms with Gasteiger partial charge in [0.15, 0.2) is 0 Å². The van der Waals surface area contributed by atoms with Crippen LogP contribution in [0.5, 0.6) is 0 Å². The number of aromatic nitrogens is 2. The maximum Gasteiger partial charge on any atom is 0.127 e. The molecule has 1 aromatic carbocycles. The Labute approximate surface area is 112 Å². The molecule has 3 rings (SSSR count). The van der Waals surface area contributed by atoms with Gasteiger partial charge in [0.2, 0.25) is 0 Å². The average molecular weight is 259 g/mol. The van der Waals surface area contributed by atoms with Crippen LogP contribution in [0, 0.1) is 12.7 Å². The number of aryl methyl sites for hydroxylation is 1. The molecule has 1 saturated heterocycles. The van der Waals surface area contributed by atoms with Gasteiger partial charge in [0.25, 0.3) is 0 Å². The third kappa shape index (κ3) is 2.28. The summed E-state index contributed by atoms with van der Waals surface area (Å²) in [6.07, 6.45) is 3.94. The van der Waals surface area contributed by atoms with Gasteiger partial charge in [0.1, 0.15) is 5.82 Å². The summed E-state index contributed by atoms with van der Waals surface area (Å²) >= 11 is 0. The highest BCUT2D eigenvalue weighted by Crippen LogP contribution is 2.31. The number of likely N-dealkylation sites (tertiary alicyclic amines) is 1. The van der Waals surface area contributed by atoms with Crippen molar-refractivity contribution >= 4 is 0 Å². The fourth-order valence-corrected chi connectivity index (χ4v) is 2.61. The highest BCUT2D eigenvalue weighted by atomic mass is 19.1. The fourth-order valence-electron chi connectivity index (χ4n) is 2.61. The SMILES string of the molecule is Cc1cnn(C2CN([C@@H](C)c3ccccc3F)C2)c1. The van der Waals surface area contributed by atoms with E-state index >= 15 is 0 Å². The molecule has 2 heterocycles. The topological polar surface area (TPSA) is 21.1 Å². The zero-order valence-corrected chi connectivity index (χ0v) is 11.3. The van der Waals surface area contributed by atoms with Crippen molar-refractivity contribution in [2.24, 2.45) is 0 Å². The summed E-state index contributed by atoms with van der Waals surface area (Å²) in [5, 5.41) is 4.34. The van der Waals surface area contributed by atoms with Gasteiger partial charge in [0, 0.05) is 30.9 Å². The van der Waals surface area contributed by atoms with E-state index in [4.69, 9.17) is 0 Å². The average Bonchev–Trinajstić information content (AvgIpc) is 2.74. The van der Waals surface area contributed by atoms with Gasteiger partial charge in [-0.05, 0) is 25.5 Å². The fraction of sp³-hybridized carbons (Fsp3) is 0.400. The standard InChI is InChI=1S/C15H18FN3/c1-11-7-17-19(8-11)13-9-18(10-13)12(2)14-5-3-4-6-15(14)16/h3-8,12-13H,9-10H2,1-2H3/t12-/m0/s1. The van der Waals surface area contributed by atoms with E-state index in [0.29, 0.717) is 6.04 Å². The van der Waals surface area contributed by atoms with Gasteiger partial charge in [-0.2, -0.15) is 5.10 Å². The molecule has 1 atom stereocenters. The molecule has 0 aliphatic carbocycles. The van der Waals surface area contributed by atoms with Gasteiger partial charge in [-0.25, -0.2) is 4.39 Å². The molecule has 0 bridgehead atoms. The minimum atomic E-state index is -0.117. The van der Waals surface area contributed by atoms with Crippen LogP contribution >= 0.6 is 0 Å². The molecule has 100 valence electrons. The second-order valence-corrected chi connectivity index (χ2v) is 5.30. The monoisotopic (exact) mass is 259 g/mol. The van der Waals surface area contributed by atoms with E-state index in [2.05, 4.69) is 23.1 Å². The molecule has 0 saturated carbocycles. The van der Waals surface area contributed by atoms with Crippen molar-refractivity contribution in [3.05, 3.63) is 53.6 Å². The van der Waals surface area contributed by atoms with Gasteiger partial charge >= 0.3 is 0 Å². The van der Waals surface area contributed by atoms with Gasteiger partial charge in [-0.1, -0.05) is 18.2 Å². The predicted molar refractivity (Wildman–Crippen MR) is 72.4 cm³/mol. The first-order valence-corrected chi connectivity index (χ1v) is 6.64. The van der Waals surface area contributed by atoms with Crippen molar-refractivity contribution in [3.8, 4) is 0 Å². The first-order valence-electron chi connectivity index (χ1n) is 6.64. The Morgan fingerprint density at radius 3 is 2.68 bits per heavy atom. The maximum absolute atomic E-state index is 13.7. The Hall–Kier alpha value is -1.68. The molecule has 0 spiro atoms. The van der Waals surface area contributed by atoms with Crippen molar-refractivity contribution < 1.29 is 4.39 Å². The van der Waals surface area contributed by atoms with E-state index in [1.807, 2.05) is 29.9 Å². The zero-order valence-electron chi connectivity index (χ0n) is 11.3. The molecule has 19 heavy (non-hydrogen) atoms. The highest BCUT2D eigenvalue weighted by molar-refractivity contribution is 5.21. The van der Waals surface area contributed by atoms with Crippen molar-refractivity contribution in [2.75, 3.05) is 13.1 Å². The smallest absolute Gasteiger partial charge is 0.127 e. The third-order valence-electron chi connectivity index (χ3n) is 3.90. The Kier molecular flexibility index (Phi) is 3.11. The highest BCUT2D eigenvalue weighted by Gasteiger charge is 2.33. The largest absolute Gasteiger partial charge is 0.292 e. The number of halogens is 1. The lowest BCUT2D eigenvalue weighted by Gasteiger charge is -2.43. The van der Waals surface area contributed by atoms with E-state index in [-0.39, 0.29) is 11.9 Å². The zero-order chi connectivity index (χ0) is 13.4. The summed E-state index contributed by atoms with van der Waals surface area (Å²) in [5.41, 5.74) is 1.96. The van der Waals surface area contributed by atoms with E-state index in [0.717, 1.165) is 18.7 Å². The number of benzene rings is 1. The Morgan fingerprint density at radius 1 is 1.32 bits per heavy atom. The molecule has 1 aliphatic heterocycles. The Bertz CT molecular complexity index is 572. The third-order valence-corrected chi connectivity index (χ3v) is 3.90. The van der Waals surface area contributed by atoms with Crippen LogP contribution in [0.4, 0.5) is 4.39 Å². The van der Waals surface area contributed by atoms with Gasteiger partial charge in [0.05, 0.1) is 12.2 Å². The molecule has 0 N–H and O–H groups in total. The number of rotatable bonds is 3. The van der Waals surface area contributed by atoms with E-state index in [1.54, 1.807) is 6.07 Å². The molecule has 0 radical (unpaired) electrons. The van der Waals surface area contributed by atoms with Gasteiger partial charge in [-0.15, -0.1) is 0 Å². The normalized spacial score (nSPS) is 18.3. The first-order chi connectivity index (χ1) is 9.15. The molecule has 2 aromatic rings. The summed E-state index contributed by atoms with van der Waals surface area (Å²) in [7, 11) is 0. The lowest BCUT2D eigenvalue weighted by atomic mass is 10.0. The summed E-state index contributed by atoms with van der Waals surface area (Å²) in [6.45, 7) is 5.96. The lowest BCUT2D eigenvalue weighted by molar-refractivity contribution is 0.0582. The molecule has 0 amide bonds. The molecular weight excluding hydrogens is 241 g/mol. The molecule has 1 fully saturated rings. The van der Waals surface area contributed by atoms with Crippen molar-refractivity contribution in [1.29, 1.82) is 0 Å². The minimum absolute atomic E-state index is 0.117. The number of hydrogen-bond acceptors (Lipinski definition) is 2. The predicted octanol–water partition coefficient (Wildman–Crippen LogP) is 2.95. The molecule has 0 unspecified atom stereocenters. The van der Waals surface area contributed by atoms with Crippen molar-refractivity contribution in [1.82, 2.24) is 14.7 Å². The second-order valence-electron chi connectivity index (χ2n) is 5.30. The summed E-state index contributed by atoms with van der Waals surface area (Å²) in [5.74, 6) is -0.117.